The molecule has 7 heteroatoms. The maximum absolute atomic E-state index is 12.4. The largest absolute Gasteiger partial charge is 0.376 e. The van der Waals surface area contributed by atoms with Crippen LogP contribution in [0.4, 0.5) is 5.69 Å². The maximum Gasteiger partial charge on any atom is 0.240 e. The molecular weight excluding hydrogens is 306 g/mol. The summed E-state index contributed by atoms with van der Waals surface area (Å²) in [7, 11) is 0. The number of nitriles is 1. The number of nitrogens with zero attached hydrogens (tertiary/aromatic N) is 3. The molecule has 1 aliphatic carbocycles. The highest BCUT2D eigenvalue weighted by Crippen LogP contribution is 2.37. The third kappa shape index (κ3) is 3.38. The van der Waals surface area contributed by atoms with Crippen molar-refractivity contribution in [3.05, 3.63) is 41.5 Å². The fourth-order valence-corrected chi connectivity index (χ4v) is 3.03. The van der Waals surface area contributed by atoms with Crippen molar-refractivity contribution in [2.75, 3.05) is 11.9 Å². The van der Waals surface area contributed by atoms with Gasteiger partial charge in [-0.1, -0.05) is 18.0 Å². The first-order chi connectivity index (χ1) is 11.6. The minimum atomic E-state index is -0.527. The second-order valence-corrected chi connectivity index (χ2v) is 6.02. The van der Waals surface area contributed by atoms with Gasteiger partial charge in [-0.05, 0) is 37.1 Å². The molecule has 24 heavy (non-hydrogen) atoms. The molecule has 1 saturated carbocycles. The van der Waals surface area contributed by atoms with Gasteiger partial charge < -0.3 is 15.2 Å². The van der Waals surface area contributed by atoms with E-state index in [9.17, 15) is 4.79 Å². The van der Waals surface area contributed by atoms with Crippen molar-refractivity contribution in [1.82, 2.24) is 15.5 Å². The molecule has 124 valence electrons. The predicted octanol–water partition coefficient (Wildman–Crippen LogP) is 2.25. The molecule has 0 bridgehead atoms. The summed E-state index contributed by atoms with van der Waals surface area (Å²) < 4.78 is 5.08. The standard InChI is InChI=1S/C17H19N5O2/c1-12-20-16(22-24-12)17(8-2-3-9-17)21-15(23)11-19-14-6-4-13(10-18)5-7-14/h4-7,19H,2-3,8-9,11H2,1H3,(H,21,23). The van der Waals surface area contributed by atoms with Crippen LogP contribution in [0.2, 0.25) is 0 Å². The molecule has 1 heterocycles. The summed E-state index contributed by atoms with van der Waals surface area (Å²) in [5.74, 6) is 0.939. The third-order valence-electron chi connectivity index (χ3n) is 4.26. The van der Waals surface area contributed by atoms with Crippen LogP contribution in [0.5, 0.6) is 0 Å². The van der Waals surface area contributed by atoms with Crippen LogP contribution in [0, 0.1) is 18.3 Å². The van der Waals surface area contributed by atoms with E-state index in [0.717, 1.165) is 31.4 Å². The van der Waals surface area contributed by atoms with Crippen molar-refractivity contribution in [3.63, 3.8) is 0 Å². The van der Waals surface area contributed by atoms with E-state index >= 15 is 0 Å². The SMILES string of the molecule is Cc1nc(C2(NC(=O)CNc3ccc(C#N)cc3)CCCC2)no1. The predicted molar refractivity (Wildman–Crippen MR) is 87.0 cm³/mol. The summed E-state index contributed by atoms with van der Waals surface area (Å²) in [5.41, 5.74) is 0.851. The molecule has 3 rings (SSSR count). The Bertz CT molecular complexity index is 754. The molecular formula is C17H19N5O2. The number of aryl methyl sites for hydroxylation is 1. The van der Waals surface area contributed by atoms with E-state index in [1.54, 1.807) is 31.2 Å². The second-order valence-electron chi connectivity index (χ2n) is 6.02. The first kappa shape index (κ1) is 16.0. The number of carbonyl (C=O) groups is 1. The summed E-state index contributed by atoms with van der Waals surface area (Å²) >= 11 is 0. The molecule has 0 radical (unpaired) electrons. The van der Waals surface area contributed by atoms with Crippen molar-refractivity contribution in [3.8, 4) is 6.07 Å². The molecule has 0 saturated heterocycles. The Hall–Kier alpha value is -2.88. The molecule has 1 aromatic carbocycles. The normalized spacial score (nSPS) is 15.7. The number of anilines is 1. The van der Waals surface area contributed by atoms with E-state index in [0.29, 0.717) is 17.3 Å². The van der Waals surface area contributed by atoms with Gasteiger partial charge in [0.05, 0.1) is 18.2 Å². The third-order valence-corrected chi connectivity index (χ3v) is 4.26. The number of hydrogen-bond donors (Lipinski definition) is 2. The smallest absolute Gasteiger partial charge is 0.240 e. The van der Waals surface area contributed by atoms with E-state index in [-0.39, 0.29) is 12.5 Å². The molecule has 2 aromatic rings. The average Bonchev–Trinajstić information content (AvgIpc) is 3.23. The molecule has 1 aromatic heterocycles. The van der Waals surface area contributed by atoms with Gasteiger partial charge in [-0.3, -0.25) is 4.79 Å². The number of benzene rings is 1. The average molecular weight is 325 g/mol. The topological polar surface area (TPSA) is 104 Å². The lowest BCUT2D eigenvalue weighted by atomic mass is 9.96. The van der Waals surface area contributed by atoms with Gasteiger partial charge in [0.1, 0.15) is 5.54 Å². The highest BCUT2D eigenvalue weighted by atomic mass is 16.5. The van der Waals surface area contributed by atoms with Crippen LogP contribution >= 0.6 is 0 Å². The van der Waals surface area contributed by atoms with Crippen molar-refractivity contribution >= 4 is 11.6 Å². The summed E-state index contributed by atoms with van der Waals surface area (Å²) in [6, 6.07) is 9.04. The highest BCUT2D eigenvalue weighted by molar-refractivity contribution is 5.81. The summed E-state index contributed by atoms with van der Waals surface area (Å²) in [5, 5.41) is 18.9. The Morgan fingerprint density at radius 3 is 2.62 bits per heavy atom. The van der Waals surface area contributed by atoms with Gasteiger partial charge in [0.25, 0.3) is 0 Å². The Morgan fingerprint density at radius 2 is 2.04 bits per heavy atom. The summed E-state index contributed by atoms with van der Waals surface area (Å²) in [6.45, 7) is 1.89. The fourth-order valence-electron chi connectivity index (χ4n) is 3.03. The number of aromatic nitrogens is 2. The van der Waals surface area contributed by atoms with Crippen LogP contribution in [-0.4, -0.2) is 22.6 Å². The molecule has 7 nitrogen and oxygen atoms in total. The Balaban J connectivity index is 1.63. The van der Waals surface area contributed by atoms with Crippen LogP contribution in [0.25, 0.3) is 0 Å². The molecule has 0 spiro atoms. The lowest BCUT2D eigenvalue weighted by Gasteiger charge is -2.26. The van der Waals surface area contributed by atoms with Crippen molar-refractivity contribution in [1.29, 1.82) is 5.26 Å². The van der Waals surface area contributed by atoms with E-state index in [4.69, 9.17) is 9.78 Å². The monoisotopic (exact) mass is 325 g/mol. The Kier molecular flexibility index (Phi) is 4.47. The molecule has 1 aliphatic rings. The summed E-state index contributed by atoms with van der Waals surface area (Å²) in [4.78, 5) is 16.7. The number of rotatable bonds is 5. The van der Waals surface area contributed by atoms with E-state index in [2.05, 4.69) is 26.8 Å². The zero-order valence-electron chi connectivity index (χ0n) is 13.5. The number of nitrogens with one attached hydrogen (secondary N) is 2. The van der Waals surface area contributed by atoms with Gasteiger partial charge in [-0.25, -0.2) is 0 Å². The number of amides is 1. The maximum atomic E-state index is 12.4. The molecule has 2 N–H and O–H groups in total. The van der Waals surface area contributed by atoms with Gasteiger partial charge in [0.15, 0.2) is 5.82 Å². The Morgan fingerprint density at radius 1 is 1.33 bits per heavy atom. The van der Waals surface area contributed by atoms with Gasteiger partial charge in [-0.15, -0.1) is 0 Å². The van der Waals surface area contributed by atoms with E-state index in [1.165, 1.54) is 0 Å². The van der Waals surface area contributed by atoms with E-state index < -0.39 is 5.54 Å². The van der Waals surface area contributed by atoms with Crippen LogP contribution in [0.3, 0.4) is 0 Å². The van der Waals surface area contributed by atoms with E-state index in [1.807, 2.05) is 0 Å². The number of carbonyl (C=O) groups excluding carboxylic acids is 1. The van der Waals surface area contributed by atoms with Crippen molar-refractivity contribution in [2.24, 2.45) is 0 Å². The summed E-state index contributed by atoms with van der Waals surface area (Å²) in [6.07, 6.45) is 3.68. The van der Waals surface area contributed by atoms with Crippen molar-refractivity contribution < 1.29 is 9.32 Å². The Labute approximate surface area is 140 Å². The zero-order valence-corrected chi connectivity index (χ0v) is 13.5. The number of hydrogen-bond acceptors (Lipinski definition) is 6. The highest BCUT2D eigenvalue weighted by Gasteiger charge is 2.41. The van der Waals surface area contributed by atoms with Crippen LogP contribution in [0.15, 0.2) is 28.8 Å². The molecule has 0 atom stereocenters. The lowest BCUT2D eigenvalue weighted by Crippen LogP contribution is -2.46. The first-order valence-corrected chi connectivity index (χ1v) is 7.97. The molecule has 1 amide bonds. The van der Waals surface area contributed by atoms with Crippen molar-refractivity contribution in [2.45, 2.75) is 38.1 Å². The van der Waals surface area contributed by atoms with Crippen LogP contribution in [-0.2, 0) is 10.3 Å². The van der Waals surface area contributed by atoms with Gasteiger partial charge in [0, 0.05) is 12.6 Å². The zero-order chi connectivity index (χ0) is 17.0. The van der Waals surface area contributed by atoms with Gasteiger partial charge in [0.2, 0.25) is 11.8 Å². The van der Waals surface area contributed by atoms with Gasteiger partial charge in [-0.2, -0.15) is 10.2 Å². The minimum Gasteiger partial charge on any atom is -0.376 e. The second kappa shape index (κ2) is 6.71. The fraction of sp³-hybridized carbons (Fsp3) is 0.412. The molecule has 0 unspecified atom stereocenters. The van der Waals surface area contributed by atoms with Crippen LogP contribution < -0.4 is 10.6 Å². The quantitative estimate of drug-likeness (QED) is 0.874. The van der Waals surface area contributed by atoms with Gasteiger partial charge >= 0.3 is 0 Å². The lowest BCUT2D eigenvalue weighted by molar-refractivity contribution is -0.121. The first-order valence-electron chi connectivity index (χ1n) is 7.97. The minimum absolute atomic E-state index is 0.122. The molecule has 1 fully saturated rings. The molecule has 0 aliphatic heterocycles. The van der Waals surface area contributed by atoms with Crippen LogP contribution in [0.1, 0.15) is 43.0 Å².